The number of carbonyl (C=O) groups is 1. The van der Waals surface area contributed by atoms with Crippen molar-refractivity contribution < 1.29 is 9.90 Å². The third kappa shape index (κ3) is 3.76. The molecule has 4 nitrogen and oxygen atoms in total. The summed E-state index contributed by atoms with van der Waals surface area (Å²) in [7, 11) is 0. The summed E-state index contributed by atoms with van der Waals surface area (Å²) in [6.45, 7) is 8.55. The van der Waals surface area contributed by atoms with Gasteiger partial charge in [-0.1, -0.05) is 13.8 Å². The molecule has 1 aliphatic heterocycles. The fraction of sp³-hybridized carbons (Fsp3) is 0.917. The summed E-state index contributed by atoms with van der Waals surface area (Å²) in [5.41, 5.74) is 0. The molecule has 1 unspecified atom stereocenters. The van der Waals surface area contributed by atoms with Crippen molar-refractivity contribution in [3.8, 4) is 0 Å². The van der Waals surface area contributed by atoms with Gasteiger partial charge >= 0.3 is 0 Å². The first-order valence-electron chi connectivity index (χ1n) is 6.31. The van der Waals surface area contributed by atoms with Crippen molar-refractivity contribution in [2.75, 3.05) is 39.3 Å². The molecule has 1 rings (SSSR count). The Bertz CT molecular complexity index is 221. The van der Waals surface area contributed by atoms with Crippen LogP contribution in [0.2, 0.25) is 0 Å². The number of rotatable bonds is 4. The monoisotopic (exact) mass is 228 g/mol. The van der Waals surface area contributed by atoms with E-state index in [4.69, 9.17) is 5.11 Å². The van der Waals surface area contributed by atoms with Gasteiger partial charge in [0.25, 0.3) is 0 Å². The molecule has 1 atom stereocenters. The van der Waals surface area contributed by atoms with Crippen LogP contribution in [-0.2, 0) is 4.79 Å². The Morgan fingerprint density at radius 3 is 2.69 bits per heavy atom. The van der Waals surface area contributed by atoms with Crippen molar-refractivity contribution in [1.29, 1.82) is 0 Å². The second-order valence-electron chi connectivity index (χ2n) is 4.55. The largest absolute Gasteiger partial charge is 0.395 e. The van der Waals surface area contributed by atoms with Crippen molar-refractivity contribution in [3.05, 3.63) is 0 Å². The van der Waals surface area contributed by atoms with Gasteiger partial charge in [-0.15, -0.1) is 0 Å². The van der Waals surface area contributed by atoms with Crippen LogP contribution in [0.15, 0.2) is 0 Å². The number of β-amino-alcohol motifs (C(OH)–C–C–N with tert-alkyl or cyclic N) is 1. The third-order valence-corrected chi connectivity index (χ3v) is 3.35. The van der Waals surface area contributed by atoms with Gasteiger partial charge in [0.2, 0.25) is 5.91 Å². The number of amides is 1. The Morgan fingerprint density at radius 1 is 1.31 bits per heavy atom. The van der Waals surface area contributed by atoms with Crippen molar-refractivity contribution in [2.45, 2.75) is 26.7 Å². The van der Waals surface area contributed by atoms with E-state index in [1.807, 2.05) is 11.8 Å². The van der Waals surface area contributed by atoms with Gasteiger partial charge in [-0.3, -0.25) is 9.69 Å². The molecular weight excluding hydrogens is 204 g/mol. The van der Waals surface area contributed by atoms with E-state index in [0.29, 0.717) is 0 Å². The van der Waals surface area contributed by atoms with E-state index in [2.05, 4.69) is 11.8 Å². The molecule has 4 heteroatoms. The van der Waals surface area contributed by atoms with Crippen LogP contribution in [-0.4, -0.2) is 60.1 Å². The average molecular weight is 228 g/mol. The van der Waals surface area contributed by atoms with Crippen LogP contribution in [0.3, 0.4) is 0 Å². The van der Waals surface area contributed by atoms with Crippen LogP contribution >= 0.6 is 0 Å². The topological polar surface area (TPSA) is 43.8 Å². The van der Waals surface area contributed by atoms with Gasteiger partial charge in [0.15, 0.2) is 0 Å². The summed E-state index contributed by atoms with van der Waals surface area (Å²) in [6, 6.07) is 0. The predicted molar refractivity (Wildman–Crippen MR) is 64.2 cm³/mol. The maximum atomic E-state index is 12.0. The summed E-state index contributed by atoms with van der Waals surface area (Å²) >= 11 is 0. The molecule has 94 valence electrons. The lowest BCUT2D eigenvalue weighted by Crippen LogP contribution is -2.38. The second kappa shape index (κ2) is 6.86. The van der Waals surface area contributed by atoms with Gasteiger partial charge in [0.1, 0.15) is 0 Å². The van der Waals surface area contributed by atoms with Crippen molar-refractivity contribution in [1.82, 2.24) is 9.80 Å². The summed E-state index contributed by atoms with van der Waals surface area (Å²) in [5, 5.41) is 8.89. The van der Waals surface area contributed by atoms with Gasteiger partial charge in [-0.05, 0) is 19.4 Å². The number of hydrogen-bond donors (Lipinski definition) is 1. The zero-order valence-electron chi connectivity index (χ0n) is 10.5. The zero-order valence-corrected chi connectivity index (χ0v) is 10.5. The molecule has 1 fully saturated rings. The molecule has 0 bridgehead atoms. The molecule has 0 saturated carbocycles. The maximum Gasteiger partial charge on any atom is 0.225 e. The lowest BCUT2D eigenvalue weighted by molar-refractivity contribution is -0.134. The number of carbonyl (C=O) groups excluding carboxylic acids is 1. The van der Waals surface area contributed by atoms with Gasteiger partial charge < -0.3 is 10.0 Å². The van der Waals surface area contributed by atoms with E-state index >= 15 is 0 Å². The molecule has 16 heavy (non-hydrogen) atoms. The first-order chi connectivity index (χ1) is 7.69. The van der Waals surface area contributed by atoms with Crippen molar-refractivity contribution in [2.24, 2.45) is 5.92 Å². The van der Waals surface area contributed by atoms with Gasteiger partial charge in [-0.25, -0.2) is 0 Å². The van der Waals surface area contributed by atoms with Crippen LogP contribution in [0.1, 0.15) is 26.7 Å². The fourth-order valence-corrected chi connectivity index (χ4v) is 2.04. The fourth-order valence-electron chi connectivity index (χ4n) is 2.04. The molecule has 1 aliphatic rings. The summed E-state index contributed by atoms with van der Waals surface area (Å²) < 4.78 is 0. The third-order valence-electron chi connectivity index (χ3n) is 3.35. The van der Waals surface area contributed by atoms with E-state index in [0.717, 1.165) is 45.6 Å². The van der Waals surface area contributed by atoms with Crippen LogP contribution in [0, 0.1) is 5.92 Å². The molecule has 1 heterocycles. The lowest BCUT2D eigenvalue weighted by atomic mass is 10.1. The quantitative estimate of drug-likeness (QED) is 0.764. The molecule has 0 aromatic heterocycles. The van der Waals surface area contributed by atoms with E-state index in [1.165, 1.54) is 0 Å². The standard InChI is InChI=1S/C12H24N2O2/c1-3-11(2)12(16)14-6-4-5-13(7-8-14)9-10-15/h11,15H,3-10H2,1-2H3. The molecule has 1 amide bonds. The van der Waals surface area contributed by atoms with E-state index in [9.17, 15) is 4.79 Å². The number of nitrogens with zero attached hydrogens (tertiary/aromatic N) is 2. The van der Waals surface area contributed by atoms with E-state index in [1.54, 1.807) is 0 Å². The SMILES string of the molecule is CCC(C)C(=O)N1CCCN(CCO)CC1. The number of aliphatic hydroxyl groups excluding tert-OH is 1. The highest BCUT2D eigenvalue weighted by molar-refractivity contribution is 5.78. The minimum atomic E-state index is 0.143. The normalized spacial score (nSPS) is 20.6. The van der Waals surface area contributed by atoms with Crippen molar-refractivity contribution in [3.63, 3.8) is 0 Å². The van der Waals surface area contributed by atoms with Gasteiger partial charge in [0.05, 0.1) is 6.61 Å². The Kier molecular flexibility index (Phi) is 5.77. The Balaban J connectivity index is 2.43. The summed E-state index contributed by atoms with van der Waals surface area (Å²) in [5.74, 6) is 0.428. The molecule has 1 saturated heterocycles. The van der Waals surface area contributed by atoms with Crippen LogP contribution in [0.5, 0.6) is 0 Å². The van der Waals surface area contributed by atoms with Gasteiger partial charge in [0, 0.05) is 32.1 Å². The second-order valence-corrected chi connectivity index (χ2v) is 4.55. The summed E-state index contributed by atoms with van der Waals surface area (Å²) in [6.07, 6.45) is 1.93. The molecule has 0 aromatic rings. The molecule has 0 aliphatic carbocycles. The average Bonchev–Trinajstić information content (AvgIpc) is 2.53. The van der Waals surface area contributed by atoms with E-state index in [-0.39, 0.29) is 18.4 Å². The molecule has 1 N–H and O–H groups in total. The lowest BCUT2D eigenvalue weighted by Gasteiger charge is -2.24. The highest BCUT2D eigenvalue weighted by atomic mass is 16.3. The Labute approximate surface area is 98.2 Å². The first kappa shape index (κ1) is 13.5. The first-order valence-corrected chi connectivity index (χ1v) is 6.31. The van der Waals surface area contributed by atoms with Crippen LogP contribution in [0.4, 0.5) is 0 Å². The predicted octanol–water partition coefficient (Wildman–Crippen LogP) is 0.559. The maximum absolute atomic E-state index is 12.0. The van der Waals surface area contributed by atoms with Crippen molar-refractivity contribution >= 4 is 5.91 Å². The molecule has 0 aromatic carbocycles. The summed E-state index contributed by atoms with van der Waals surface area (Å²) in [4.78, 5) is 16.2. The highest BCUT2D eigenvalue weighted by Crippen LogP contribution is 2.10. The molecule has 0 spiro atoms. The molecular formula is C12H24N2O2. The zero-order chi connectivity index (χ0) is 12.0. The Hall–Kier alpha value is -0.610. The van der Waals surface area contributed by atoms with Gasteiger partial charge in [-0.2, -0.15) is 0 Å². The minimum absolute atomic E-state index is 0.143. The minimum Gasteiger partial charge on any atom is -0.395 e. The Morgan fingerprint density at radius 2 is 2.06 bits per heavy atom. The smallest absolute Gasteiger partial charge is 0.225 e. The number of hydrogen-bond acceptors (Lipinski definition) is 3. The highest BCUT2D eigenvalue weighted by Gasteiger charge is 2.21. The number of aliphatic hydroxyl groups is 1. The van der Waals surface area contributed by atoms with E-state index < -0.39 is 0 Å². The van der Waals surface area contributed by atoms with Crippen LogP contribution in [0.25, 0.3) is 0 Å². The molecule has 0 radical (unpaired) electrons. The van der Waals surface area contributed by atoms with Crippen LogP contribution < -0.4 is 0 Å².